The van der Waals surface area contributed by atoms with Crippen molar-refractivity contribution < 1.29 is 38.1 Å². The molecule has 2 amide bonds. The van der Waals surface area contributed by atoms with Gasteiger partial charge >= 0.3 is 5.97 Å². The number of hydrogen-bond acceptors (Lipinski definition) is 7. The predicted molar refractivity (Wildman–Crippen MR) is 118 cm³/mol. The minimum absolute atomic E-state index is 0.0336. The summed E-state index contributed by atoms with van der Waals surface area (Å²) >= 11 is 4.14. The van der Waals surface area contributed by atoms with Crippen LogP contribution in [0.3, 0.4) is 0 Å². The Balaban J connectivity index is 1.70. The Labute approximate surface area is 195 Å². The molecule has 0 atom stereocenters. The maximum absolute atomic E-state index is 12.9. The van der Waals surface area contributed by atoms with E-state index in [2.05, 4.69) is 15.9 Å². The van der Waals surface area contributed by atoms with Crippen LogP contribution >= 0.6 is 27.7 Å². The minimum atomic E-state index is -1.13. The topological polar surface area (TPSA) is 102 Å². The molecule has 11 heteroatoms. The Morgan fingerprint density at radius 3 is 2.56 bits per heavy atom. The Hall–Kier alpha value is -3.05. The van der Waals surface area contributed by atoms with Crippen molar-refractivity contribution in [2.24, 2.45) is 0 Å². The zero-order valence-electron chi connectivity index (χ0n) is 16.7. The van der Waals surface area contributed by atoms with Crippen LogP contribution in [0.15, 0.2) is 45.8 Å². The van der Waals surface area contributed by atoms with Gasteiger partial charge in [0.05, 0.1) is 18.6 Å². The average molecular weight is 526 g/mol. The molecule has 3 rings (SSSR count). The van der Waals surface area contributed by atoms with Crippen LogP contribution in [0.4, 0.5) is 9.18 Å². The fourth-order valence-corrected chi connectivity index (χ4v) is 3.99. The molecule has 0 saturated carbocycles. The number of carboxylic acid groups (broad SMARTS) is 1. The molecule has 0 spiro atoms. The molecular weight excluding hydrogens is 509 g/mol. The zero-order chi connectivity index (χ0) is 23.3. The van der Waals surface area contributed by atoms with Crippen molar-refractivity contribution in [1.29, 1.82) is 0 Å². The average Bonchev–Trinajstić information content (AvgIpc) is 3.02. The van der Waals surface area contributed by atoms with E-state index >= 15 is 0 Å². The molecule has 0 unspecified atom stereocenters. The normalized spacial score (nSPS) is 14.7. The van der Waals surface area contributed by atoms with Crippen LogP contribution in [0.1, 0.15) is 5.56 Å². The summed E-state index contributed by atoms with van der Waals surface area (Å²) < 4.78 is 29.3. The smallest absolute Gasteiger partial charge is 0.341 e. The van der Waals surface area contributed by atoms with Gasteiger partial charge in [0.2, 0.25) is 0 Å². The number of ether oxygens (including phenoxy) is 3. The van der Waals surface area contributed by atoms with Gasteiger partial charge in [0.15, 0.2) is 18.1 Å². The monoisotopic (exact) mass is 525 g/mol. The number of nitrogens with zero attached hydrogens (tertiary/aromatic N) is 1. The number of rotatable bonds is 9. The number of benzene rings is 2. The second-order valence-electron chi connectivity index (χ2n) is 6.34. The summed E-state index contributed by atoms with van der Waals surface area (Å²) in [5, 5.41) is 8.34. The molecule has 1 aliphatic rings. The maximum atomic E-state index is 12.9. The number of carboxylic acids is 1. The lowest BCUT2D eigenvalue weighted by atomic mass is 10.2. The van der Waals surface area contributed by atoms with Gasteiger partial charge in [0.1, 0.15) is 18.2 Å². The lowest BCUT2D eigenvalue weighted by Crippen LogP contribution is -2.32. The van der Waals surface area contributed by atoms with E-state index in [9.17, 15) is 18.8 Å². The molecular formula is C21H17BrFNO7S. The van der Waals surface area contributed by atoms with E-state index < -0.39 is 29.5 Å². The third-order valence-electron chi connectivity index (χ3n) is 4.19. The summed E-state index contributed by atoms with van der Waals surface area (Å²) in [6.07, 6.45) is 1.53. The summed E-state index contributed by atoms with van der Waals surface area (Å²) in [5.74, 6) is -1.09. The Bertz CT molecular complexity index is 1070. The van der Waals surface area contributed by atoms with Gasteiger partial charge in [-0.2, -0.15) is 0 Å². The van der Waals surface area contributed by atoms with E-state index in [4.69, 9.17) is 19.3 Å². The fraction of sp³-hybridized carbons (Fsp3) is 0.190. The molecule has 1 aliphatic heterocycles. The number of imide groups is 1. The van der Waals surface area contributed by atoms with Gasteiger partial charge in [0.25, 0.3) is 11.1 Å². The van der Waals surface area contributed by atoms with Crippen LogP contribution in [0.5, 0.6) is 17.2 Å². The van der Waals surface area contributed by atoms with E-state index in [-0.39, 0.29) is 29.6 Å². The first-order chi connectivity index (χ1) is 15.3. The number of thioether (sulfide) groups is 1. The van der Waals surface area contributed by atoms with Gasteiger partial charge in [-0.05, 0) is 59.8 Å². The highest BCUT2D eigenvalue weighted by Gasteiger charge is 2.35. The second kappa shape index (κ2) is 10.5. The van der Waals surface area contributed by atoms with E-state index in [0.29, 0.717) is 15.8 Å². The largest absolute Gasteiger partial charge is 0.493 e. The van der Waals surface area contributed by atoms with E-state index in [1.165, 1.54) is 43.5 Å². The number of aliphatic carboxylic acids is 1. The Kier molecular flexibility index (Phi) is 7.75. The van der Waals surface area contributed by atoms with Crippen molar-refractivity contribution in [3.05, 3.63) is 57.2 Å². The van der Waals surface area contributed by atoms with Crippen molar-refractivity contribution in [2.45, 2.75) is 0 Å². The first-order valence-corrected chi connectivity index (χ1v) is 10.8. The molecule has 32 heavy (non-hydrogen) atoms. The minimum Gasteiger partial charge on any atom is -0.493 e. The van der Waals surface area contributed by atoms with Crippen molar-refractivity contribution in [2.75, 3.05) is 26.9 Å². The third-order valence-corrected chi connectivity index (χ3v) is 5.79. The molecule has 1 fully saturated rings. The van der Waals surface area contributed by atoms with Crippen LogP contribution in [0, 0.1) is 5.82 Å². The van der Waals surface area contributed by atoms with Crippen LogP contribution in [0.2, 0.25) is 0 Å². The maximum Gasteiger partial charge on any atom is 0.341 e. The fourth-order valence-electron chi connectivity index (χ4n) is 2.69. The standard InChI is InChI=1S/C21H17BrFNO7S/c1-29-16-8-12(15(22)10-17(16)31-11-19(25)26)9-18-20(27)24(21(28)32-18)6-7-30-14-4-2-13(23)3-5-14/h2-5,8-10H,6-7,11H2,1H3,(H,25,26)/b18-9-. The lowest BCUT2D eigenvalue weighted by molar-refractivity contribution is -0.139. The molecule has 2 aromatic carbocycles. The zero-order valence-corrected chi connectivity index (χ0v) is 19.1. The Morgan fingerprint density at radius 2 is 1.91 bits per heavy atom. The van der Waals surface area contributed by atoms with Crippen molar-refractivity contribution in [3.8, 4) is 17.2 Å². The molecule has 168 valence electrons. The molecule has 1 heterocycles. The highest BCUT2D eigenvalue weighted by Crippen LogP contribution is 2.38. The van der Waals surface area contributed by atoms with E-state index in [0.717, 1.165) is 16.7 Å². The first kappa shape index (κ1) is 23.6. The second-order valence-corrected chi connectivity index (χ2v) is 8.19. The summed E-state index contributed by atoms with van der Waals surface area (Å²) in [5.41, 5.74) is 0.539. The molecule has 0 bridgehead atoms. The van der Waals surface area contributed by atoms with Crippen LogP contribution in [-0.4, -0.2) is 54.0 Å². The van der Waals surface area contributed by atoms with Gasteiger partial charge in [-0.15, -0.1) is 0 Å². The molecule has 8 nitrogen and oxygen atoms in total. The third kappa shape index (κ3) is 5.80. The van der Waals surface area contributed by atoms with E-state index in [1.54, 1.807) is 6.07 Å². The van der Waals surface area contributed by atoms with Crippen LogP contribution < -0.4 is 14.2 Å². The summed E-state index contributed by atoms with van der Waals surface area (Å²) in [6, 6.07) is 8.50. The van der Waals surface area contributed by atoms with Crippen LogP contribution in [-0.2, 0) is 9.59 Å². The van der Waals surface area contributed by atoms with Crippen molar-refractivity contribution in [1.82, 2.24) is 4.90 Å². The predicted octanol–water partition coefficient (Wildman–Crippen LogP) is 4.18. The highest BCUT2D eigenvalue weighted by atomic mass is 79.9. The first-order valence-electron chi connectivity index (χ1n) is 9.14. The molecule has 0 aliphatic carbocycles. The van der Waals surface area contributed by atoms with E-state index in [1.807, 2.05) is 0 Å². The number of carbonyl (C=O) groups excluding carboxylic acids is 2. The molecule has 1 N–H and O–H groups in total. The molecule has 0 aromatic heterocycles. The molecule has 2 aromatic rings. The van der Waals surface area contributed by atoms with Gasteiger partial charge in [-0.1, -0.05) is 15.9 Å². The molecule has 0 radical (unpaired) electrons. The number of methoxy groups -OCH3 is 1. The summed E-state index contributed by atoms with van der Waals surface area (Å²) in [6.45, 7) is -0.447. The summed E-state index contributed by atoms with van der Waals surface area (Å²) in [7, 11) is 1.40. The number of carbonyl (C=O) groups is 3. The SMILES string of the molecule is COc1cc(/C=C2\SC(=O)N(CCOc3ccc(F)cc3)C2=O)c(Br)cc1OCC(=O)O. The van der Waals surface area contributed by atoms with Gasteiger partial charge in [-0.25, -0.2) is 9.18 Å². The summed E-state index contributed by atoms with van der Waals surface area (Å²) in [4.78, 5) is 37.0. The van der Waals surface area contributed by atoms with Gasteiger partial charge in [0, 0.05) is 4.47 Å². The lowest BCUT2D eigenvalue weighted by Gasteiger charge is -2.13. The van der Waals surface area contributed by atoms with Gasteiger partial charge < -0.3 is 19.3 Å². The Morgan fingerprint density at radius 1 is 1.19 bits per heavy atom. The number of halogens is 2. The van der Waals surface area contributed by atoms with Crippen molar-refractivity contribution >= 4 is 50.9 Å². The van der Waals surface area contributed by atoms with Gasteiger partial charge in [-0.3, -0.25) is 14.5 Å². The number of amides is 2. The molecule has 1 saturated heterocycles. The highest BCUT2D eigenvalue weighted by molar-refractivity contribution is 9.10. The number of hydrogen-bond donors (Lipinski definition) is 1. The quantitative estimate of drug-likeness (QED) is 0.486. The van der Waals surface area contributed by atoms with Crippen molar-refractivity contribution in [3.63, 3.8) is 0 Å². The van der Waals surface area contributed by atoms with Crippen LogP contribution in [0.25, 0.3) is 6.08 Å².